The van der Waals surface area contributed by atoms with Crippen LogP contribution in [0.3, 0.4) is 0 Å². The molecule has 2 rings (SSSR count). The number of hydrogen-bond donors (Lipinski definition) is 2. The van der Waals surface area contributed by atoms with E-state index in [1.165, 1.54) is 7.11 Å². The van der Waals surface area contributed by atoms with Crippen LogP contribution in [0, 0.1) is 0 Å². The molecule has 1 aliphatic rings. The van der Waals surface area contributed by atoms with Crippen LogP contribution in [-0.2, 0) is 4.74 Å². The van der Waals surface area contributed by atoms with E-state index in [0.717, 1.165) is 17.8 Å². The van der Waals surface area contributed by atoms with Crippen LogP contribution in [0.1, 0.15) is 23.7 Å². The molecule has 0 bridgehead atoms. The number of carbonyl (C=O) groups is 1. The molecule has 2 N–H and O–H groups in total. The van der Waals surface area contributed by atoms with Gasteiger partial charge in [0, 0.05) is 0 Å². The van der Waals surface area contributed by atoms with Gasteiger partial charge in [-0.15, -0.1) is 0 Å². The summed E-state index contributed by atoms with van der Waals surface area (Å²) in [4.78, 5) is 11.5. The summed E-state index contributed by atoms with van der Waals surface area (Å²) in [5, 5.41) is 7.04. The highest BCUT2D eigenvalue weighted by atomic mass is 35.5. The van der Waals surface area contributed by atoms with Crippen LogP contribution in [0.2, 0.25) is 5.02 Å². The average Bonchev–Trinajstić information content (AvgIpc) is 2.73. The first-order valence-electron chi connectivity index (χ1n) is 5.11. The summed E-state index contributed by atoms with van der Waals surface area (Å²) in [5.74, 6) is -0.362. The van der Waals surface area contributed by atoms with Crippen molar-refractivity contribution >= 4 is 28.9 Å². The Labute approximate surface area is 98.9 Å². The number of methoxy groups -OCH3 is 1. The minimum Gasteiger partial charge on any atom is -0.465 e. The maximum atomic E-state index is 11.5. The predicted molar refractivity (Wildman–Crippen MR) is 64.1 cm³/mol. The van der Waals surface area contributed by atoms with Gasteiger partial charge in [-0.2, -0.15) is 0 Å². The molecule has 1 heterocycles. The number of nitrogens with one attached hydrogen (secondary N) is 2. The van der Waals surface area contributed by atoms with Crippen molar-refractivity contribution in [1.82, 2.24) is 0 Å². The Morgan fingerprint density at radius 2 is 2.12 bits per heavy atom. The van der Waals surface area contributed by atoms with E-state index in [1.807, 2.05) is 6.92 Å². The molecule has 1 aromatic carbocycles. The summed E-state index contributed by atoms with van der Waals surface area (Å²) in [7, 11) is 1.36. The van der Waals surface area contributed by atoms with E-state index in [9.17, 15) is 4.79 Å². The van der Waals surface area contributed by atoms with Crippen LogP contribution in [0.25, 0.3) is 0 Å². The van der Waals surface area contributed by atoms with Gasteiger partial charge in [-0.1, -0.05) is 18.5 Å². The lowest BCUT2D eigenvalue weighted by Gasteiger charge is -2.08. The second-order valence-corrected chi connectivity index (χ2v) is 3.99. The van der Waals surface area contributed by atoms with E-state index in [-0.39, 0.29) is 12.1 Å². The van der Waals surface area contributed by atoms with Gasteiger partial charge in [-0.05, 0) is 18.6 Å². The first-order chi connectivity index (χ1) is 7.67. The quantitative estimate of drug-likeness (QED) is 0.781. The molecule has 16 heavy (non-hydrogen) atoms. The molecule has 86 valence electrons. The van der Waals surface area contributed by atoms with Gasteiger partial charge >= 0.3 is 5.97 Å². The van der Waals surface area contributed by atoms with Crippen LogP contribution < -0.4 is 10.6 Å². The predicted octanol–water partition coefficient (Wildman–Crippen LogP) is 2.70. The number of fused-ring (bicyclic) bond motifs is 1. The SMILES string of the molecule is CCC1Nc2c(Cl)ccc(C(=O)OC)c2N1. The van der Waals surface area contributed by atoms with Gasteiger partial charge in [-0.25, -0.2) is 4.79 Å². The lowest BCUT2D eigenvalue weighted by atomic mass is 10.1. The van der Waals surface area contributed by atoms with Crippen molar-refractivity contribution in [2.75, 3.05) is 17.7 Å². The average molecular weight is 241 g/mol. The summed E-state index contributed by atoms with van der Waals surface area (Å²) in [6.45, 7) is 2.04. The molecule has 0 saturated carbocycles. The molecule has 0 spiro atoms. The number of rotatable bonds is 2. The van der Waals surface area contributed by atoms with Crippen molar-refractivity contribution < 1.29 is 9.53 Å². The fourth-order valence-corrected chi connectivity index (χ4v) is 1.95. The highest BCUT2D eigenvalue weighted by Crippen LogP contribution is 2.39. The van der Waals surface area contributed by atoms with Crippen LogP contribution in [0.5, 0.6) is 0 Å². The third-order valence-electron chi connectivity index (χ3n) is 2.61. The van der Waals surface area contributed by atoms with Gasteiger partial charge in [0.15, 0.2) is 0 Å². The van der Waals surface area contributed by atoms with Gasteiger partial charge in [0.1, 0.15) is 0 Å². The molecule has 5 heteroatoms. The molecule has 0 saturated heterocycles. The lowest BCUT2D eigenvalue weighted by molar-refractivity contribution is 0.0602. The first kappa shape index (κ1) is 11.1. The van der Waals surface area contributed by atoms with Crippen molar-refractivity contribution in [3.8, 4) is 0 Å². The van der Waals surface area contributed by atoms with Crippen molar-refractivity contribution in [3.05, 3.63) is 22.7 Å². The molecule has 1 unspecified atom stereocenters. The van der Waals surface area contributed by atoms with Crippen molar-refractivity contribution in [2.24, 2.45) is 0 Å². The number of ether oxygens (including phenoxy) is 1. The highest BCUT2D eigenvalue weighted by molar-refractivity contribution is 6.34. The Morgan fingerprint density at radius 3 is 2.75 bits per heavy atom. The minimum absolute atomic E-state index is 0.110. The van der Waals surface area contributed by atoms with E-state index in [1.54, 1.807) is 12.1 Å². The summed E-state index contributed by atoms with van der Waals surface area (Å²) in [5.41, 5.74) is 2.01. The zero-order valence-electron chi connectivity index (χ0n) is 9.13. The van der Waals surface area contributed by atoms with Gasteiger partial charge in [0.2, 0.25) is 0 Å². The van der Waals surface area contributed by atoms with Crippen molar-refractivity contribution in [3.63, 3.8) is 0 Å². The van der Waals surface area contributed by atoms with Gasteiger partial charge in [-0.3, -0.25) is 0 Å². The van der Waals surface area contributed by atoms with E-state index >= 15 is 0 Å². The molecule has 0 radical (unpaired) electrons. The number of hydrogen-bond acceptors (Lipinski definition) is 4. The number of benzene rings is 1. The van der Waals surface area contributed by atoms with E-state index < -0.39 is 0 Å². The van der Waals surface area contributed by atoms with E-state index in [2.05, 4.69) is 10.6 Å². The van der Waals surface area contributed by atoms with E-state index in [0.29, 0.717) is 10.6 Å². The van der Waals surface area contributed by atoms with Gasteiger partial charge < -0.3 is 15.4 Å². The van der Waals surface area contributed by atoms with Crippen LogP contribution >= 0.6 is 11.6 Å². The van der Waals surface area contributed by atoms with Gasteiger partial charge in [0.05, 0.1) is 35.2 Å². The normalized spacial score (nSPS) is 17.3. The molecule has 0 amide bonds. The number of carbonyl (C=O) groups excluding carboxylic acids is 1. The fraction of sp³-hybridized carbons (Fsp3) is 0.364. The topological polar surface area (TPSA) is 50.4 Å². The summed E-state index contributed by atoms with van der Waals surface area (Å²) in [6.07, 6.45) is 1.00. The third kappa shape index (κ3) is 1.69. The second kappa shape index (κ2) is 4.22. The first-order valence-corrected chi connectivity index (χ1v) is 5.49. The van der Waals surface area contributed by atoms with Crippen LogP contribution in [0.4, 0.5) is 11.4 Å². The molecule has 4 nitrogen and oxygen atoms in total. The van der Waals surface area contributed by atoms with Crippen molar-refractivity contribution in [2.45, 2.75) is 19.5 Å². The fourth-order valence-electron chi connectivity index (χ4n) is 1.74. The maximum absolute atomic E-state index is 11.5. The van der Waals surface area contributed by atoms with Crippen LogP contribution in [0.15, 0.2) is 12.1 Å². The molecule has 0 aromatic heterocycles. The minimum atomic E-state index is -0.362. The Balaban J connectivity index is 2.45. The molecular formula is C11H13ClN2O2. The molecular weight excluding hydrogens is 228 g/mol. The number of halogens is 1. The standard InChI is InChI=1S/C11H13ClN2O2/c1-3-8-13-9-6(11(15)16-2)4-5-7(12)10(9)14-8/h4-5,8,13-14H,3H2,1-2H3. The summed E-state index contributed by atoms with van der Waals surface area (Å²) < 4.78 is 4.72. The third-order valence-corrected chi connectivity index (χ3v) is 2.92. The highest BCUT2D eigenvalue weighted by Gasteiger charge is 2.26. The molecule has 1 aromatic rings. The Kier molecular flexibility index (Phi) is 2.92. The smallest absolute Gasteiger partial charge is 0.340 e. The van der Waals surface area contributed by atoms with Crippen LogP contribution in [-0.4, -0.2) is 19.2 Å². The Morgan fingerprint density at radius 1 is 1.44 bits per heavy atom. The lowest BCUT2D eigenvalue weighted by Crippen LogP contribution is -2.20. The zero-order valence-corrected chi connectivity index (χ0v) is 9.89. The molecule has 1 aliphatic heterocycles. The zero-order chi connectivity index (χ0) is 11.7. The number of esters is 1. The van der Waals surface area contributed by atoms with Crippen molar-refractivity contribution in [1.29, 1.82) is 0 Å². The largest absolute Gasteiger partial charge is 0.465 e. The van der Waals surface area contributed by atoms with Gasteiger partial charge in [0.25, 0.3) is 0 Å². The summed E-state index contributed by atoms with van der Waals surface area (Å²) >= 11 is 6.06. The molecule has 1 atom stereocenters. The summed E-state index contributed by atoms with van der Waals surface area (Å²) in [6, 6.07) is 3.36. The number of anilines is 2. The van der Waals surface area contributed by atoms with E-state index in [4.69, 9.17) is 16.3 Å². The Bertz CT molecular complexity index is 434. The maximum Gasteiger partial charge on any atom is 0.340 e. The molecule has 0 aliphatic carbocycles. The Hall–Kier alpha value is -1.42. The monoisotopic (exact) mass is 240 g/mol. The molecule has 0 fully saturated rings. The second-order valence-electron chi connectivity index (χ2n) is 3.59.